The van der Waals surface area contributed by atoms with Gasteiger partial charge in [-0.15, -0.1) is 0 Å². The first-order valence-corrected chi connectivity index (χ1v) is 43.0. The van der Waals surface area contributed by atoms with E-state index >= 15 is 0 Å². The number of hydrogen-bond donors (Lipinski definition) is 0. The molecule has 1 atom stereocenters. The lowest BCUT2D eigenvalue weighted by molar-refractivity contribution is 0.332. The van der Waals surface area contributed by atoms with Crippen LogP contribution in [-0.4, -0.2) is 29.9 Å². The van der Waals surface area contributed by atoms with E-state index in [0.29, 0.717) is 34.9 Å². The van der Waals surface area contributed by atoms with E-state index in [-0.39, 0.29) is 21.7 Å². The van der Waals surface area contributed by atoms with E-state index in [9.17, 15) is 0 Å². The summed E-state index contributed by atoms with van der Waals surface area (Å²) in [7, 11) is 0. The summed E-state index contributed by atoms with van der Waals surface area (Å²) < 4.78 is 13.8. The van der Waals surface area contributed by atoms with Crippen LogP contribution in [0, 0.1) is 0 Å². The normalized spacial score (nSPS) is 15.4. The summed E-state index contributed by atoms with van der Waals surface area (Å²) in [5, 5.41) is 12.9. The quantitative estimate of drug-likeness (QED) is 0.111. The first kappa shape index (κ1) is 73.5. The summed E-state index contributed by atoms with van der Waals surface area (Å²) in [5.41, 5.74) is 26.0. The van der Waals surface area contributed by atoms with Crippen molar-refractivity contribution >= 4 is 87.0 Å². The van der Waals surface area contributed by atoms with Gasteiger partial charge in [-0.2, -0.15) is 0 Å². The van der Waals surface area contributed by atoms with Gasteiger partial charge in [-0.1, -0.05) is 334 Å². The molecule has 2 aliphatic carbocycles. The van der Waals surface area contributed by atoms with E-state index < -0.39 is 0 Å². The number of furan rings is 2. The van der Waals surface area contributed by atoms with Crippen molar-refractivity contribution in [3.05, 3.63) is 374 Å². The Labute approximate surface area is 714 Å². The van der Waals surface area contributed by atoms with E-state index in [1.807, 2.05) is 18.2 Å². The van der Waals surface area contributed by atoms with E-state index in [2.05, 4.69) is 376 Å². The molecular formula is C115H86N6O2. The van der Waals surface area contributed by atoms with Gasteiger partial charge in [0.05, 0.1) is 0 Å². The fraction of sp³-hybridized carbons (Fsp3) is 0.130. The van der Waals surface area contributed by atoms with Crippen LogP contribution in [-0.2, 0) is 21.7 Å². The number of aromatic nitrogens is 6. The molecule has 23 rings (SSSR count). The minimum atomic E-state index is -0.323. The SMILES string of the molecule is CC1(C)CCC(C)(C)c2cc(-c3cc(-c4nc(-c5ccc(-c6ccccc6)cc5)nc(-c5cc6ccc(C7(C)CCC(C)(C)c8cc(-c9cccc(-c%10cc(-c%11nc(-c%12ccc(-c%13ccccc%13)cc%12)nc(-c%12cc%13ccccc%13c%13ccccc%12%13)n%11)c%11c(c%10)oc%10ccccc%10%11)c9)ccc87)cc6c6ccccc56)n4)c4c(c3)oc3ccccc34)ccc21. The molecule has 0 saturated heterocycles. The lowest BCUT2D eigenvalue weighted by atomic mass is 9.59. The summed E-state index contributed by atoms with van der Waals surface area (Å²) >= 11 is 0. The van der Waals surface area contributed by atoms with Gasteiger partial charge in [0, 0.05) is 60.3 Å². The molecule has 0 radical (unpaired) electrons. The van der Waals surface area contributed by atoms with Crippen molar-refractivity contribution in [2.24, 2.45) is 0 Å². The Bertz CT molecular complexity index is 7910. The molecule has 0 saturated carbocycles. The zero-order valence-corrected chi connectivity index (χ0v) is 69.7. The molecule has 0 N–H and O–H groups in total. The van der Waals surface area contributed by atoms with Crippen LogP contribution >= 0.6 is 0 Å². The van der Waals surface area contributed by atoms with Gasteiger partial charge in [-0.3, -0.25) is 0 Å². The van der Waals surface area contributed by atoms with Gasteiger partial charge in [0.2, 0.25) is 0 Å². The predicted octanol–water partition coefficient (Wildman–Crippen LogP) is 30.5. The summed E-state index contributed by atoms with van der Waals surface area (Å²) in [6.45, 7) is 16.9. The number of nitrogens with zero attached hydrogens (tertiary/aromatic N) is 6. The van der Waals surface area contributed by atoms with Crippen molar-refractivity contribution < 1.29 is 8.83 Å². The zero-order chi connectivity index (χ0) is 82.6. The zero-order valence-electron chi connectivity index (χ0n) is 69.7. The molecule has 0 spiro atoms. The van der Waals surface area contributed by atoms with Gasteiger partial charge in [0.15, 0.2) is 34.9 Å². The highest BCUT2D eigenvalue weighted by Gasteiger charge is 2.42. The van der Waals surface area contributed by atoms with Crippen LogP contribution in [0.25, 0.3) is 211 Å². The van der Waals surface area contributed by atoms with Gasteiger partial charge < -0.3 is 8.83 Å². The van der Waals surface area contributed by atoms with E-state index in [0.717, 1.165) is 191 Å². The van der Waals surface area contributed by atoms with E-state index in [1.165, 1.54) is 38.6 Å². The molecule has 4 aromatic heterocycles. The number of para-hydroxylation sites is 2. The lowest BCUT2D eigenvalue weighted by Gasteiger charge is -2.44. The van der Waals surface area contributed by atoms with E-state index in [1.54, 1.807) is 0 Å². The Morgan fingerprint density at radius 1 is 0.203 bits per heavy atom. The predicted molar refractivity (Wildman–Crippen MR) is 508 cm³/mol. The Kier molecular flexibility index (Phi) is 16.9. The summed E-state index contributed by atoms with van der Waals surface area (Å²) in [4.78, 5) is 33.3. The highest BCUT2D eigenvalue weighted by molar-refractivity contribution is 6.17. The first-order chi connectivity index (χ1) is 60.0. The minimum Gasteiger partial charge on any atom is -0.456 e. The molecule has 2 aliphatic rings. The van der Waals surface area contributed by atoms with Crippen LogP contribution < -0.4 is 0 Å². The summed E-state index contributed by atoms with van der Waals surface area (Å²) in [6.07, 6.45) is 4.24. The van der Waals surface area contributed by atoms with Gasteiger partial charge in [0.25, 0.3) is 0 Å². The second-order valence-electron chi connectivity index (χ2n) is 36.2. The van der Waals surface area contributed by atoms with Crippen LogP contribution in [0.15, 0.2) is 355 Å². The smallest absolute Gasteiger partial charge is 0.164 e. The molecule has 0 fully saturated rings. The van der Waals surface area contributed by atoms with E-state index in [4.69, 9.17) is 38.7 Å². The van der Waals surface area contributed by atoms with Gasteiger partial charge in [-0.05, 0) is 229 Å². The Hall–Kier alpha value is -14.6. The van der Waals surface area contributed by atoms with Crippen LogP contribution in [0.1, 0.15) is 102 Å². The standard InChI is InChI=1S/C115H86N6O2/c1-112(2)55-56-113(3,4)98-65-78(50-53-96(98)112)82-63-95(105-90-38-21-23-40-101(90)123-103(105)67-82)111-119-107(74-47-43-72(44-48-74)70-27-12-9-13-28-70)117-109(121-111)93-61-80-49-52-83(68-91(80)86-34-17-19-36-88(86)93)115(7)58-57-114(5,6)99-64-77(51-54-97(99)115)75-30-24-31-76(59-75)81-62-94(104-89-37-20-22-39-100(89)122-102(104)66-81)110-118-106(73-45-41-71(42-46-73)69-25-10-8-11-26-69)116-108(120-110)92-60-79-29-14-15-32-84(79)85-33-16-18-35-87(85)92/h8-54,59-68H,55-58H2,1-7H3. The second-order valence-corrected chi connectivity index (χ2v) is 36.2. The number of fused-ring (bicyclic) bond motifs is 14. The molecule has 4 heterocycles. The Morgan fingerprint density at radius 2 is 0.561 bits per heavy atom. The summed E-state index contributed by atoms with van der Waals surface area (Å²) in [5.74, 6) is 3.49. The van der Waals surface area contributed by atoms with Crippen molar-refractivity contribution in [1.82, 2.24) is 29.9 Å². The lowest BCUT2D eigenvalue weighted by Crippen LogP contribution is -2.36. The molecule has 8 heteroatoms. The fourth-order valence-electron chi connectivity index (χ4n) is 20.2. The van der Waals surface area contributed by atoms with Gasteiger partial charge in [0.1, 0.15) is 22.3 Å². The minimum absolute atomic E-state index is 0.0177. The molecule has 588 valence electrons. The topological polar surface area (TPSA) is 104 Å². The highest BCUT2D eigenvalue weighted by atomic mass is 16.3. The summed E-state index contributed by atoms with van der Waals surface area (Å²) in [6, 6.07) is 125. The maximum atomic E-state index is 6.91. The fourth-order valence-corrected chi connectivity index (χ4v) is 20.2. The molecule has 8 nitrogen and oxygen atoms in total. The van der Waals surface area contributed by atoms with Gasteiger partial charge in [-0.25, -0.2) is 29.9 Å². The average Bonchev–Trinajstić information content (AvgIpc) is 1.71. The average molecular weight is 1580 g/mol. The molecule has 0 amide bonds. The Balaban J connectivity index is 0.630. The maximum Gasteiger partial charge on any atom is 0.164 e. The van der Waals surface area contributed by atoms with Crippen molar-refractivity contribution in [2.45, 2.75) is 95.8 Å². The number of hydrogen-bond acceptors (Lipinski definition) is 8. The van der Waals surface area contributed by atoms with Crippen molar-refractivity contribution in [2.75, 3.05) is 0 Å². The van der Waals surface area contributed by atoms with Crippen LogP contribution in [0.3, 0.4) is 0 Å². The largest absolute Gasteiger partial charge is 0.456 e. The number of rotatable bonds is 12. The third-order valence-corrected chi connectivity index (χ3v) is 27.3. The Morgan fingerprint density at radius 3 is 1.09 bits per heavy atom. The highest BCUT2D eigenvalue weighted by Crippen LogP contribution is 2.54. The van der Waals surface area contributed by atoms with Crippen molar-refractivity contribution in [1.29, 1.82) is 0 Å². The molecule has 1 unspecified atom stereocenters. The molecule has 17 aromatic carbocycles. The van der Waals surface area contributed by atoms with Crippen molar-refractivity contribution in [3.63, 3.8) is 0 Å². The first-order valence-electron chi connectivity index (χ1n) is 43.0. The maximum absolute atomic E-state index is 6.91. The molecule has 0 bridgehead atoms. The molecule has 0 aliphatic heterocycles. The van der Waals surface area contributed by atoms with Crippen LogP contribution in [0.2, 0.25) is 0 Å². The van der Waals surface area contributed by atoms with Crippen LogP contribution in [0.4, 0.5) is 0 Å². The third-order valence-electron chi connectivity index (χ3n) is 27.3. The number of benzene rings is 17. The molecular weight excluding hydrogens is 1500 g/mol. The van der Waals surface area contributed by atoms with Gasteiger partial charge >= 0.3 is 0 Å². The van der Waals surface area contributed by atoms with Crippen molar-refractivity contribution in [3.8, 4) is 124 Å². The monoisotopic (exact) mass is 1580 g/mol. The second kappa shape index (κ2) is 28.3. The molecule has 21 aromatic rings. The third kappa shape index (κ3) is 12.5. The molecule has 123 heavy (non-hydrogen) atoms. The van der Waals surface area contributed by atoms with Crippen LogP contribution in [0.5, 0.6) is 0 Å².